The quantitative estimate of drug-likeness (QED) is 0.487. The van der Waals surface area contributed by atoms with E-state index >= 15 is 0 Å². The molecular weight excluding hydrogens is 174 g/mol. The lowest BCUT2D eigenvalue weighted by Gasteiger charge is -1.94. The number of pyridine rings is 1. The van der Waals surface area contributed by atoms with Gasteiger partial charge in [-0.2, -0.15) is 0 Å². The van der Waals surface area contributed by atoms with Gasteiger partial charge < -0.3 is 10.7 Å². The van der Waals surface area contributed by atoms with Gasteiger partial charge in [0.1, 0.15) is 0 Å². The normalized spacial score (nSPS) is 10.5. The molecule has 0 aliphatic carbocycles. The molecule has 2 aromatic heterocycles. The van der Waals surface area contributed by atoms with Crippen LogP contribution in [0.15, 0.2) is 12.4 Å². The van der Waals surface area contributed by atoms with Gasteiger partial charge in [0.15, 0.2) is 5.65 Å². The summed E-state index contributed by atoms with van der Waals surface area (Å²) in [6.45, 7) is 0. The number of anilines is 1. The second kappa shape index (κ2) is 2.41. The standard InChI is InChI=1S/C6H5N5O2/c7-5-4(11(12)13)1-3-6(10-5)9-2-8-3/h1-2H,(H3,7,8,9,10). The molecule has 0 bridgehead atoms. The molecular formula is C6H5N5O2. The summed E-state index contributed by atoms with van der Waals surface area (Å²) >= 11 is 0. The maximum Gasteiger partial charge on any atom is 0.313 e. The molecule has 0 saturated carbocycles. The largest absolute Gasteiger partial charge is 0.378 e. The van der Waals surface area contributed by atoms with E-state index in [2.05, 4.69) is 15.0 Å². The van der Waals surface area contributed by atoms with E-state index in [0.29, 0.717) is 11.2 Å². The Morgan fingerprint density at radius 1 is 1.62 bits per heavy atom. The van der Waals surface area contributed by atoms with Gasteiger partial charge in [0.25, 0.3) is 0 Å². The molecule has 0 aromatic carbocycles. The van der Waals surface area contributed by atoms with Crippen LogP contribution >= 0.6 is 0 Å². The molecule has 3 N–H and O–H groups in total. The summed E-state index contributed by atoms with van der Waals surface area (Å²) in [4.78, 5) is 20.1. The minimum atomic E-state index is -0.581. The fourth-order valence-electron chi connectivity index (χ4n) is 1.02. The number of hydrogen-bond donors (Lipinski definition) is 2. The number of aromatic amines is 1. The number of nitrogen functional groups attached to an aromatic ring is 1. The third-order valence-electron chi connectivity index (χ3n) is 1.61. The lowest BCUT2D eigenvalue weighted by atomic mass is 10.3. The molecule has 0 unspecified atom stereocenters. The Morgan fingerprint density at radius 3 is 3.08 bits per heavy atom. The molecule has 0 fully saturated rings. The molecule has 0 spiro atoms. The topological polar surface area (TPSA) is 111 Å². The van der Waals surface area contributed by atoms with Crippen molar-refractivity contribution in [3.05, 3.63) is 22.5 Å². The average Bonchev–Trinajstić information content (AvgIpc) is 2.48. The summed E-state index contributed by atoms with van der Waals surface area (Å²) in [6.07, 6.45) is 1.40. The van der Waals surface area contributed by atoms with Gasteiger partial charge in [0, 0.05) is 6.07 Å². The zero-order chi connectivity index (χ0) is 9.42. The van der Waals surface area contributed by atoms with Crippen LogP contribution in [0, 0.1) is 10.1 Å². The van der Waals surface area contributed by atoms with E-state index in [1.807, 2.05) is 0 Å². The summed E-state index contributed by atoms with van der Waals surface area (Å²) in [7, 11) is 0. The maximum absolute atomic E-state index is 10.4. The highest BCUT2D eigenvalue weighted by atomic mass is 16.6. The molecule has 0 radical (unpaired) electrons. The Balaban J connectivity index is 2.76. The Kier molecular flexibility index (Phi) is 1.38. The van der Waals surface area contributed by atoms with Gasteiger partial charge in [-0.15, -0.1) is 0 Å². The SMILES string of the molecule is Nc1nc2nc[nH]c2cc1[N+](=O)[O-]. The third kappa shape index (κ3) is 1.06. The first-order valence-electron chi connectivity index (χ1n) is 3.42. The fraction of sp³-hybridized carbons (Fsp3) is 0. The molecule has 7 nitrogen and oxygen atoms in total. The van der Waals surface area contributed by atoms with Crippen LogP contribution in [0.1, 0.15) is 0 Å². The Hall–Kier alpha value is -2.18. The first kappa shape index (κ1) is 7.47. The molecule has 0 aliphatic heterocycles. The number of nitrogens with one attached hydrogen (secondary N) is 1. The first-order chi connectivity index (χ1) is 6.18. The van der Waals surface area contributed by atoms with Gasteiger partial charge in [-0.25, -0.2) is 9.97 Å². The van der Waals surface area contributed by atoms with Crippen LogP contribution in [0.2, 0.25) is 0 Å². The summed E-state index contributed by atoms with van der Waals surface area (Å²) < 4.78 is 0. The van der Waals surface area contributed by atoms with Crippen LogP contribution in [0.5, 0.6) is 0 Å². The van der Waals surface area contributed by atoms with E-state index in [4.69, 9.17) is 5.73 Å². The number of hydrogen-bond acceptors (Lipinski definition) is 5. The predicted octanol–water partition coefficient (Wildman–Crippen LogP) is 0.448. The van der Waals surface area contributed by atoms with Crippen LogP contribution < -0.4 is 5.73 Å². The van der Waals surface area contributed by atoms with Gasteiger partial charge in [0.2, 0.25) is 5.82 Å². The number of nitrogens with zero attached hydrogens (tertiary/aromatic N) is 3. The van der Waals surface area contributed by atoms with E-state index < -0.39 is 4.92 Å². The molecule has 2 heterocycles. The number of fused-ring (bicyclic) bond motifs is 1. The summed E-state index contributed by atoms with van der Waals surface area (Å²) in [5.74, 6) is -0.121. The van der Waals surface area contributed by atoms with E-state index in [-0.39, 0.29) is 11.5 Å². The van der Waals surface area contributed by atoms with Crippen molar-refractivity contribution >= 4 is 22.7 Å². The van der Waals surface area contributed by atoms with Crippen molar-refractivity contribution in [2.45, 2.75) is 0 Å². The van der Waals surface area contributed by atoms with Crippen molar-refractivity contribution in [3.8, 4) is 0 Å². The zero-order valence-corrected chi connectivity index (χ0v) is 6.39. The third-order valence-corrected chi connectivity index (χ3v) is 1.61. The predicted molar refractivity (Wildman–Crippen MR) is 45.0 cm³/mol. The number of H-pyrrole nitrogens is 1. The van der Waals surface area contributed by atoms with E-state index in [0.717, 1.165) is 0 Å². The smallest absolute Gasteiger partial charge is 0.313 e. The van der Waals surface area contributed by atoms with E-state index in [1.165, 1.54) is 12.4 Å². The van der Waals surface area contributed by atoms with Crippen LogP contribution in [0.25, 0.3) is 11.2 Å². The van der Waals surface area contributed by atoms with Crippen LogP contribution in [0.3, 0.4) is 0 Å². The molecule has 0 amide bonds. The molecule has 66 valence electrons. The van der Waals surface area contributed by atoms with Crippen LogP contribution in [-0.2, 0) is 0 Å². The van der Waals surface area contributed by atoms with Gasteiger partial charge in [0.05, 0.1) is 16.8 Å². The fourth-order valence-corrected chi connectivity index (χ4v) is 1.02. The monoisotopic (exact) mass is 179 g/mol. The summed E-state index contributed by atoms with van der Waals surface area (Å²) in [5, 5.41) is 10.4. The Labute approximate surface area is 71.8 Å². The number of nitrogens with two attached hydrogens (primary N) is 1. The van der Waals surface area contributed by atoms with Crippen LogP contribution in [0.4, 0.5) is 11.5 Å². The minimum absolute atomic E-state index is 0.121. The van der Waals surface area contributed by atoms with Gasteiger partial charge in [-0.3, -0.25) is 10.1 Å². The van der Waals surface area contributed by atoms with Crippen molar-refractivity contribution in [1.82, 2.24) is 15.0 Å². The molecule has 7 heteroatoms. The Bertz CT molecular complexity index is 477. The second-order valence-corrected chi connectivity index (χ2v) is 2.42. The van der Waals surface area contributed by atoms with E-state index in [9.17, 15) is 10.1 Å². The number of aromatic nitrogens is 3. The van der Waals surface area contributed by atoms with Gasteiger partial charge in [-0.1, -0.05) is 0 Å². The van der Waals surface area contributed by atoms with Gasteiger partial charge in [-0.05, 0) is 0 Å². The first-order valence-corrected chi connectivity index (χ1v) is 3.42. The van der Waals surface area contributed by atoms with Gasteiger partial charge >= 0.3 is 5.69 Å². The summed E-state index contributed by atoms with van der Waals surface area (Å²) in [6, 6.07) is 1.31. The molecule has 0 aliphatic rings. The number of imidazole rings is 1. The molecule has 0 atom stereocenters. The maximum atomic E-state index is 10.4. The molecule has 2 rings (SSSR count). The highest BCUT2D eigenvalue weighted by Gasteiger charge is 2.14. The van der Waals surface area contributed by atoms with Crippen molar-refractivity contribution in [3.63, 3.8) is 0 Å². The molecule has 0 saturated heterocycles. The lowest BCUT2D eigenvalue weighted by molar-refractivity contribution is -0.384. The van der Waals surface area contributed by atoms with Crippen molar-refractivity contribution < 1.29 is 4.92 Å². The number of nitro groups is 1. The molecule has 2 aromatic rings. The zero-order valence-electron chi connectivity index (χ0n) is 6.39. The lowest BCUT2D eigenvalue weighted by Crippen LogP contribution is -1.98. The Morgan fingerprint density at radius 2 is 2.38 bits per heavy atom. The van der Waals surface area contributed by atoms with E-state index in [1.54, 1.807) is 0 Å². The molecule has 13 heavy (non-hydrogen) atoms. The minimum Gasteiger partial charge on any atom is -0.378 e. The number of rotatable bonds is 1. The summed E-state index contributed by atoms with van der Waals surface area (Å²) in [5.41, 5.74) is 6.01. The van der Waals surface area contributed by atoms with Crippen molar-refractivity contribution in [1.29, 1.82) is 0 Å². The van der Waals surface area contributed by atoms with Crippen molar-refractivity contribution in [2.75, 3.05) is 5.73 Å². The average molecular weight is 179 g/mol. The highest BCUT2D eigenvalue weighted by Crippen LogP contribution is 2.21. The van der Waals surface area contributed by atoms with Crippen LogP contribution in [-0.4, -0.2) is 19.9 Å². The highest BCUT2D eigenvalue weighted by molar-refractivity contribution is 5.77. The van der Waals surface area contributed by atoms with Crippen molar-refractivity contribution in [2.24, 2.45) is 0 Å². The second-order valence-electron chi connectivity index (χ2n) is 2.42.